The summed E-state index contributed by atoms with van der Waals surface area (Å²) in [5.41, 5.74) is 2.07. The standard InChI is InChI=1S/C16H23NO4/c1-5-21-13(3)16(19)17(11-15(18)20-4)10-14-9-7-6-8-12(14)2/h6-9,13H,5,10-11H2,1-4H3. The van der Waals surface area contributed by atoms with Crippen LogP contribution >= 0.6 is 0 Å². The Labute approximate surface area is 125 Å². The van der Waals surface area contributed by atoms with Crippen molar-refractivity contribution < 1.29 is 19.1 Å². The predicted molar refractivity (Wildman–Crippen MR) is 79.7 cm³/mol. The molecule has 0 saturated heterocycles. The number of ether oxygens (including phenoxy) is 2. The zero-order valence-electron chi connectivity index (χ0n) is 13.1. The van der Waals surface area contributed by atoms with E-state index < -0.39 is 12.1 Å². The highest BCUT2D eigenvalue weighted by Gasteiger charge is 2.23. The number of hydrogen-bond acceptors (Lipinski definition) is 4. The summed E-state index contributed by atoms with van der Waals surface area (Å²) in [4.78, 5) is 25.4. The van der Waals surface area contributed by atoms with Gasteiger partial charge in [0.2, 0.25) is 0 Å². The molecule has 0 saturated carbocycles. The third kappa shape index (κ3) is 5.19. The largest absolute Gasteiger partial charge is 0.468 e. The van der Waals surface area contributed by atoms with E-state index in [-0.39, 0.29) is 12.5 Å². The lowest BCUT2D eigenvalue weighted by Crippen LogP contribution is -2.42. The SMILES string of the molecule is CCOC(C)C(=O)N(CC(=O)OC)Cc1ccccc1C. The fraction of sp³-hybridized carbons (Fsp3) is 0.500. The van der Waals surface area contributed by atoms with Crippen LogP contribution in [0.2, 0.25) is 0 Å². The molecule has 1 atom stereocenters. The number of benzene rings is 1. The van der Waals surface area contributed by atoms with Crippen LogP contribution in [0.1, 0.15) is 25.0 Å². The fourth-order valence-corrected chi connectivity index (χ4v) is 2.00. The molecule has 0 bridgehead atoms. The molecule has 5 heteroatoms. The van der Waals surface area contributed by atoms with Crippen LogP contribution < -0.4 is 0 Å². The Hall–Kier alpha value is -1.88. The maximum atomic E-state index is 12.4. The van der Waals surface area contributed by atoms with E-state index in [0.717, 1.165) is 11.1 Å². The van der Waals surface area contributed by atoms with Crippen LogP contribution in [0.15, 0.2) is 24.3 Å². The lowest BCUT2D eigenvalue weighted by molar-refractivity contribution is -0.152. The maximum Gasteiger partial charge on any atom is 0.325 e. The van der Waals surface area contributed by atoms with E-state index in [2.05, 4.69) is 4.74 Å². The zero-order chi connectivity index (χ0) is 15.8. The van der Waals surface area contributed by atoms with Crippen molar-refractivity contribution in [2.45, 2.75) is 33.4 Å². The van der Waals surface area contributed by atoms with Gasteiger partial charge in [-0.3, -0.25) is 9.59 Å². The first-order valence-electron chi connectivity index (χ1n) is 7.01. The number of amides is 1. The first kappa shape index (κ1) is 17.2. The number of esters is 1. The van der Waals surface area contributed by atoms with Gasteiger partial charge in [0.05, 0.1) is 7.11 Å². The van der Waals surface area contributed by atoms with E-state index in [4.69, 9.17) is 4.74 Å². The summed E-state index contributed by atoms with van der Waals surface area (Å²) in [6.07, 6.45) is -0.580. The van der Waals surface area contributed by atoms with Crippen LogP contribution in [-0.4, -0.2) is 43.1 Å². The molecule has 0 heterocycles. The highest BCUT2D eigenvalue weighted by Crippen LogP contribution is 2.12. The van der Waals surface area contributed by atoms with E-state index in [1.54, 1.807) is 6.92 Å². The van der Waals surface area contributed by atoms with Crippen molar-refractivity contribution in [2.24, 2.45) is 0 Å². The smallest absolute Gasteiger partial charge is 0.325 e. The van der Waals surface area contributed by atoms with E-state index in [0.29, 0.717) is 13.2 Å². The second-order valence-electron chi connectivity index (χ2n) is 4.79. The summed E-state index contributed by atoms with van der Waals surface area (Å²) in [7, 11) is 1.31. The molecular weight excluding hydrogens is 270 g/mol. The minimum atomic E-state index is -0.580. The molecule has 0 aliphatic rings. The Kier molecular flexibility index (Phi) is 6.88. The molecule has 1 rings (SSSR count). The summed E-state index contributed by atoms with van der Waals surface area (Å²) in [6, 6.07) is 7.77. The van der Waals surface area contributed by atoms with Gasteiger partial charge >= 0.3 is 5.97 Å². The van der Waals surface area contributed by atoms with Crippen LogP contribution in [-0.2, 0) is 25.6 Å². The minimum absolute atomic E-state index is 0.0823. The van der Waals surface area contributed by atoms with Crippen LogP contribution in [0, 0.1) is 6.92 Å². The van der Waals surface area contributed by atoms with Crippen LogP contribution in [0.3, 0.4) is 0 Å². The Balaban J connectivity index is 2.89. The highest BCUT2D eigenvalue weighted by molar-refractivity contribution is 5.84. The summed E-state index contributed by atoms with van der Waals surface area (Å²) in [5.74, 6) is -0.661. The monoisotopic (exact) mass is 293 g/mol. The molecule has 5 nitrogen and oxygen atoms in total. The summed E-state index contributed by atoms with van der Waals surface area (Å²) >= 11 is 0. The van der Waals surface area contributed by atoms with Crippen LogP contribution in [0.25, 0.3) is 0 Å². The molecule has 1 unspecified atom stereocenters. The van der Waals surface area contributed by atoms with E-state index in [1.807, 2.05) is 38.1 Å². The second-order valence-corrected chi connectivity index (χ2v) is 4.79. The Morgan fingerprint density at radius 2 is 1.95 bits per heavy atom. The molecule has 0 aliphatic carbocycles. The number of aryl methyl sites for hydroxylation is 1. The van der Waals surface area contributed by atoms with Crippen molar-refractivity contribution in [1.82, 2.24) is 4.90 Å². The van der Waals surface area contributed by atoms with Gasteiger partial charge < -0.3 is 14.4 Å². The van der Waals surface area contributed by atoms with Gasteiger partial charge in [0.1, 0.15) is 12.6 Å². The third-order valence-electron chi connectivity index (χ3n) is 3.25. The molecular formula is C16H23NO4. The highest BCUT2D eigenvalue weighted by atomic mass is 16.5. The summed E-state index contributed by atoms with van der Waals surface area (Å²) in [6.45, 7) is 6.22. The lowest BCUT2D eigenvalue weighted by atomic mass is 10.1. The number of nitrogens with zero attached hydrogens (tertiary/aromatic N) is 1. The molecule has 0 spiro atoms. The number of hydrogen-bond donors (Lipinski definition) is 0. The Bertz CT molecular complexity index is 487. The molecule has 1 aromatic carbocycles. The minimum Gasteiger partial charge on any atom is -0.468 e. The fourth-order valence-electron chi connectivity index (χ4n) is 2.00. The third-order valence-corrected chi connectivity index (χ3v) is 3.25. The van der Waals surface area contributed by atoms with Crippen molar-refractivity contribution in [3.63, 3.8) is 0 Å². The molecule has 116 valence electrons. The van der Waals surface area contributed by atoms with Gasteiger partial charge in [-0.2, -0.15) is 0 Å². The van der Waals surface area contributed by atoms with E-state index in [9.17, 15) is 9.59 Å². The predicted octanol–water partition coefficient (Wildman–Crippen LogP) is 1.92. The number of carbonyl (C=O) groups excluding carboxylic acids is 2. The van der Waals surface area contributed by atoms with Gasteiger partial charge in [0.15, 0.2) is 0 Å². The van der Waals surface area contributed by atoms with Gasteiger partial charge in [-0.05, 0) is 31.9 Å². The first-order chi connectivity index (χ1) is 9.99. The number of rotatable bonds is 7. The van der Waals surface area contributed by atoms with Gasteiger partial charge in [-0.1, -0.05) is 24.3 Å². The summed E-state index contributed by atoms with van der Waals surface area (Å²) in [5, 5.41) is 0. The summed E-state index contributed by atoms with van der Waals surface area (Å²) < 4.78 is 9.99. The Morgan fingerprint density at radius 1 is 1.29 bits per heavy atom. The topological polar surface area (TPSA) is 55.8 Å². The van der Waals surface area contributed by atoms with Crippen molar-refractivity contribution in [2.75, 3.05) is 20.3 Å². The van der Waals surface area contributed by atoms with Gasteiger partial charge in [0.25, 0.3) is 5.91 Å². The zero-order valence-corrected chi connectivity index (χ0v) is 13.1. The molecule has 0 aromatic heterocycles. The molecule has 1 aromatic rings. The lowest BCUT2D eigenvalue weighted by Gasteiger charge is -2.25. The Morgan fingerprint density at radius 3 is 2.52 bits per heavy atom. The van der Waals surface area contributed by atoms with Gasteiger partial charge in [0, 0.05) is 13.2 Å². The molecule has 1 amide bonds. The number of methoxy groups -OCH3 is 1. The van der Waals surface area contributed by atoms with Gasteiger partial charge in [-0.25, -0.2) is 0 Å². The molecule has 21 heavy (non-hydrogen) atoms. The van der Waals surface area contributed by atoms with Crippen molar-refractivity contribution in [1.29, 1.82) is 0 Å². The van der Waals surface area contributed by atoms with E-state index in [1.165, 1.54) is 12.0 Å². The number of carbonyl (C=O) groups is 2. The second kappa shape index (κ2) is 8.42. The molecule has 0 N–H and O–H groups in total. The average molecular weight is 293 g/mol. The van der Waals surface area contributed by atoms with E-state index >= 15 is 0 Å². The first-order valence-corrected chi connectivity index (χ1v) is 7.01. The average Bonchev–Trinajstić information content (AvgIpc) is 2.48. The molecule has 0 fully saturated rings. The van der Waals surface area contributed by atoms with Crippen LogP contribution in [0.5, 0.6) is 0 Å². The normalized spacial score (nSPS) is 11.8. The molecule has 0 aliphatic heterocycles. The van der Waals surface area contributed by atoms with Crippen molar-refractivity contribution >= 4 is 11.9 Å². The molecule has 0 radical (unpaired) electrons. The maximum absolute atomic E-state index is 12.4. The van der Waals surface area contributed by atoms with Gasteiger partial charge in [-0.15, -0.1) is 0 Å². The van der Waals surface area contributed by atoms with Crippen molar-refractivity contribution in [3.8, 4) is 0 Å². The van der Waals surface area contributed by atoms with Crippen molar-refractivity contribution in [3.05, 3.63) is 35.4 Å². The van der Waals surface area contributed by atoms with Crippen LogP contribution in [0.4, 0.5) is 0 Å². The quantitative estimate of drug-likeness (QED) is 0.721.